The summed E-state index contributed by atoms with van der Waals surface area (Å²) in [6.07, 6.45) is 1.10. The van der Waals surface area contributed by atoms with Crippen LogP contribution >= 0.6 is 11.6 Å². The maximum Gasteiger partial charge on any atom is 0.315 e. The van der Waals surface area contributed by atoms with E-state index in [1.165, 1.54) is 0 Å². The first-order valence-corrected chi connectivity index (χ1v) is 11.6. The summed E-state index contributed by atoms with van der Waals surface area (Å²) < 4.78 is 1.57. The minimum atomic E-state index is -0.346. The van der Waals surface area contributed by atoms with Gasteiger partial charge in [0.15, 0.2) is 0 Å². The number of anilines is 1. The van der Waals surface area contributed by atoms with Crippen molar-refractivity contribution in [1.82, 2.24) is 20.4 Å². The number of hydrogen-bond acceptors (Lipinski definition) is 4. The molecule has 0 unspecified atom stereocenters. The van der Waals surface area contributed by atoms with E-state index in [0.29, 0.717) is 41.5 Å². The van der Waals surface area contributed by atoms with Gasteiger partial charge in [0.2, 0.25) is 0 Å². The molecule has 1 atom stereocenters. The van der Waals surface area contributed by atoms with Crippen molar-refractivity contribution >= 4 is 23.4 Å². The number of nitrogens with two attached hydrogens (primary N) is 1. The number of nitriles is 1. The number of urea groups is 1. The number of rotatable bonds is 8. The van der Waals surface area contributed by atoms with Gasteiger partial charge < -0.3 is 16.4 Å². The number of carbonyl (C=O) groups is 1. The Morgan fingerprint density at radius 2 is 1.71 bits per heavy atom. The van der Waals surface area contributed by atoms with E-state index in [9.17, 15) is 10.1 Å². The minimum absolute atomic E-state index is 0.298. The van der Waals surface area contributed by atoms with Crippen LogP contribution in [0.2, 0.25) is 5.02 Å². The molecule has 0 saturated carbocycles. The van der Waals surface area contributed by atoms with Crippen LogP contribution in [-0.4, -0.2) is 22.4 Å². The molecule has 0 saturated heterocycles. The molecule has 0 radical (unpaired) electrons. The van der Waals surface area contributed by atoms with Crippen molar-refractivity contribution in [1.29, 1.82) is 5.26 Å². The number of aromatic nitrogens is 2. The van der Waals surface area contributed by atoms with Crippen LogP contribution in [0.1, 0.15) is 34.8 Å². The predicted octanol–water partition coefficient (Wildman–Crippen LogP) is 5.00. The normalized spacial score (nSPS) is 11.4. The van der Waals surface area contributed by atoms with Gasteiger partial charge in [-0.25, -0.2) is 9.48 Å². The molecule has 3 aromatic carbocycles. The minimum Gasteiger partial charge on any atom is -0.382 e. The lowest BCUT2D eigenvalue weighted by atomic mass is 9.99. The lowest BCUT2D eigenvalue weighted by Crippen LogP contribution is -2.39. The maximum absolute atomic E-state index is 12.7. The Hall–Kier alpha value is -4.28. The summed E-state index contributed by atoms with van der Waals surface area (Å²) in [5.41, 5.74) is 9.76. The molecule has 176 valence electrons. The third kappa shape index (κ3) is 5.81. The van der Waals surface area contributed by atoms with Crippen LogP contribution in [0, 0.1) is 11.3 Å². The fraction of sp³-hybridized carbons (Fsp3) is 0.148. The predicted molar refractivity (Wildman–Crippen MR) is 137 cm³/mol. The number of benzene rings is 3. The molecule has 4 N–H and O–H groups in total. The fourth-order valence-corrected chi connectivity index (χ4v) is 4.07. The zero-order valence-corrected chi connectivity index (χ0v) is 19.7. The summed E-state index contributed by atoms with van der Waals surface area (Å²) in [6, 6.07) is 28.1. The number of para-hydroxylation sites is 1. The zero-order valence-electron chi connectivity index (χ0n) is 19.0. The van der Waals surface area contributed by atoms with Crippen LogP contribution in [0.3, 0.4) is 0 Å². The Kier molecular flexibility index (Phi) is 7.66. The van der Waals surface area contributed by atoms with Gasteiger partial charge in [-0.15, -0.1) is 0 Å². The monoisotopic (exact) mass is 484 g/mol. The summed E-state index contributed by atoms with van der Waals surface area (Å²) in [6.45, 7) is 0.409. The standard InChI is InChI=1S/C27H25ClN6O/c28-21-12-7-11-20(17-21)25(19-9-3-1-4-10-19)32-27(35)31-16-8-15-24-23(18-29)26(30)34(33-24)22-13-5-2-6-14-22/h1-7,9-14,17,25H,8,15-16,30H2,(H2,31,32,35)/t25-/m0/s1. The van der Waals surface area contributed by atoms with Crippen LogP contribution in [0.25, 0.3) is 5.69 Å². The van der Waals surface area contributed by atoms with E-state index < -0.39 is 0 Å². The average Bonchev–Trinajstić information content (AvgIpc) is 3.21. The molecule has 2 amide bonds. The molecule has 4 rings (SSSR count). The van der Waals surface area contributed by atoms with Gasteiger partial charge in [0.25, 0.3) is 0 Å². The average molecular weight is 485 g/mol. The molecule has 0 aliphatic heterocycles. The lowest BCUT2D eigenvalue weighted by molar-refractivity contribution is 0.238. The van der Waals surface area contributed by atoms with Crippen molar-refractivity contribution in [3.8, 4) is 11.8 Å². The molecule has 8 heteroatoms. The highest BCUT2D eigenvalue weighted by Crippen LogP contribution is 2.24. The molecule has 0 spiro atoms. The van der Waals surface area contributed by atoms with Gasteiger partial charge in [-0.2, -0.15) is 10.4 Å². The molecule has 7 nitrogen and oxygen atoms in total. The molecular formula is C27H25ClN6O. The molecule has 1 aromatic heterocycles. The Labute approximate surface area is 209 Å². The summed E-state index contributed by atoms with van der Waals surface area (Å²) in [7, 11) is 0. The highest BCUT2D eigenvalue weighted by molar-refractivity contribution is 6.30. The van der Waals surface area contributed by atoms with Crippen molar-refractivity contribution < 1.29 is 4.79 Å². The molecule has 4 aromatic rings. The van der Waals surface area contributed by atoms with E-state index in [-0.39, 0.29) is 12.1 Å². The maximum atomic E-state index is 12.7. The van der Waals surface area contributed by atoms with Gasteiger partial charge in [-0.1, -0.05) is 72.3 Å². The van der Waals surface area contributed by atoms with Crippen molar-refractivity contribution in [2.24, 2.45) is 0 Å². The van der Waals surface area contributed by atoms with Gasteiger partial charge in [0, 0.05) is 11.6 Å². The number of nitrogens with one attached hydrogen (secondary N) is 2. The third-order valence-electron chi connectivity index (χ3n) is 5.57. The number of nitrogen functional groups attached to an aromatic ring is 1. The third-order valence-corrected chi connectivity index (χ3v) is 5.81. The van der Waals surface area contributed by atoms with Crippen molar-refractivity contribution in [2.75, 3.05) is 12.3 Å². The molecule has 0 bridgehead atoms. The van der Waals surface area contributed by atoms with Crippen LogP contribution < -0.4 is 16.4 Å². The van der Waals surface area contributed by atoms with Crippen LogP contribution in [-0.2, 0) is 6.42 Å². The topological polar surface area (TPSA) is 109 Å². The highest BCUT2D eigenvalue weighted by atomic mass is 35.5. The SMILES string of the molecule is N#Cc1c(CCCNC(=O)N[C@@H](c2ccccc2)c2cccc(Cl)c2)nn(-c2ccccc2)c1N. The number of aryl methyl sites for hydroxylation is 1. The van der Waals surface area contributed by atoms with Crippen LogP contribution in [0.15, 0.2) is 84.9 Å². The molecule has 35 heavy (non-hydrogen) atoms. The lowest BCUT2D eigenvalue weighted by Gasteiger charge is -2.20. The Bertz CT molecular complexity index is 1330. The van der Waals surface area contributed by atoms with E-state index in [0.717, 1.165) is 16.8 Å². The quantitative estimate of drug-likeness (QED) is 0.306. The first-order chi connectivity index (χ1) is 17.1. The summed E-state index contributed by atoms with van der Waals surface area (Å²) in [5, 5.41) is 20.6. The molecular weight excluding hydrogens is 460 g/mol. The largest absolute Gasteiger partial charge is 0.382 e. The van der Waals surface area contributed by atoms with E-state index >= 15 is 0 Å². The second-order valence-electron chi connectivity index (χ2n) is 7.97. The van der Waals surface area contributed by atoms with Gasteiger partial charge in [-0.3, -0.25) is 0 Å². The van der Waals surface area contributed by atoms with Crippen molar-refractivity contribution in [2.45, 2.75) is 18.9 Å². The van der Waals surface area contributed by atoms with Crippen molar-refractivity contribution in [3.63, 3.8) is 0 Å². The van der Waals surface area contributed by atoms with E-state index in [4.69, 9.17) is 17.3 Å². The van der Waals surface area contributed by atoms with Gasteiger partial charge >= 0.3 is 6.03 Å². The number of nitrogens with zero attached hydrogens (tertiary/aromatic N) is 3. The van der Waals surface area contributed by atoms with Gasteiger partial charge in [0.05, 0.1) is 17.4 Å². The smallest absolute Gasteiger partial charge is 0.315 e. The van der Waals surface area contributed by atoms with E-state index in [1.54, 1.807) is 10.7 Å². The summed E-state index contributed by atoms with van der Waals surface area (Å²) >= 11 is 6.18. The Morgan fingerprint density at radius 3 is 2.40 bits per heavy atom. The number of carbonyl (C=O) groups excluding carboxylic acids is 1. The second kappa shape index (κ2) is 11.2. The number of halogens is 1. The van der Waals surface area contributed by atoms with E-state index in [1.807, 2.05) is 78.9 Å². The summed E-state index contributed by atoms with van der Waals surface area (Å²) in [5.74, 6) is 0.312. The molecule has 0 aliphatic carbocycles. The first-order valence-electron chi connectivity index (χ1n) is 11.2. The van der Waals surface area contributed by atoms with Crippen molar-refractivity contribution in [3.05, 3.63) is 112 Å². The zero-order chi connectivity index (χ0) is 24.6. The number of amides is 2. The molecule has 0 aliphatic rings. The highest BCUT2D eigenvalue weighted by Gasteiger charge is 2.18. The second-order valence-corrected chi connectivity index (χ2v) is 8.41. The first kappa shape index (κ1) is 23.9. The Morgan fingerprint density at radius 1 is 1.03 bits per heavy atom. The number of hydrogen-bond donors (Lipinski definition) is 3. The van der Waals surface area contributed by atoms with Gasteiger partial charge in [0.1, 0.15) is 17.5 Å². The van der Waals surface area contributed by atoms with E-state index in [2.05, 4.69) is 21.8 Å². The van der Waals surface area contributed by atoms with Gasteiger partial charge in [-0.05, 0) is 48.2 Å². The summed E-state index contributed by atoms with van der Waals surface area (Å²) in [4.78, 5) is 12.7. The van der Waals surface area contributed by atoms with Crippen LogP contribution in [0.5, 0.6) is 0 Å². The van der Waals surface area contributed by atoms with Crippen LogP contribution in [0.4, 0.5) is 10.6 Å². The Balaban J connectivity index is 1.38. The fourth-order valence-electron chi connectivity index (χ4n) is 3.87. The molecule has 0 fully saturated rings. The molecule has 1 heterocycles.